The minimum absolute atomic E-state index is 0. The van der Waals surface area contributed by atoms with E-state index >= 15 is 0 Å². The Morgan fingerprint density at radius 2 is 2.30 bits per heavy atom. The Morgan fingerprint density at radius 3 is 2.50 bits per heavy atom. The summed E-state index contributed by atoms with van der Waals surface area (Å²) in [6.07, 6.45) is 0.811. The Bertz CT molecular complexity index is 129. The Kier molecular flexibility index (Phi) is 3.68. The van der Waals surface area contributed by atoms with Crippen LogP contribution in [0, 0.1) is 5.92 Å². The predicted octanol–water partition coefficient (Wildman–Crippen LogP) is 0.444. The predicted molar refractivity (Wildman–Crippen MR) is 40.5 cm³/mol. The topological polar surface area (TPSA) is 40.5 Å². The number of hydrogen-bond donors (Lipinski definition) is 1. The molecule has 1 aliphatic heterocycles. The molecule has 1 fully saturated rings. The second-order valence-corrected chi connectivity index (χ2v) is 2.59. The molecule has 1 aliphatic rings. The molecule has 10 heavy (non-hydrogen) atoms. The third-order valence-electron chi connectivity index (χ3n) is 1.74. The fraction of sp³-hybridized carbons (Fsp3) is 0.833. The van der Waals surface area contributed by atoms with Gasteiger partial charge in [-0.15, -0.1) is 12.4 Å². The molecule has 0 aliphatic carbocycles. The normalized spacial score (nSPS) is 25.9. The van der Waals surface area contributed by atoms with E-state index in [0.717, 1.165) is 19.5 Å². The van der Waals surface area contributed by atoms with Gasteiger partial charge in [-0.2, -0.15) is 0 Å². The lowest BCUT2D eigenvalue weighted by molar-refractivity contribution is -0.141. The smallest absolute Gasteiger partial charge is 0.307 e. The number of nitrogens with zero attached hydrogens (tertiary/aromatic N) is 1. The summed E-state index contributed by atoms with van der Waals surface area (Å²) in [7, 11) is 1.95. The first-order valence-electron chi connectivity index (χ1n) is 3.11. The van der Waals surface area contributed by atoms with Crippen LogP contribution < -0.4 is 0 Å². The molecule has 0 radical (unpaired) electrons. The van der Waals surface area contributed by atoms with Gasteiger partial charge in [0.05, 0.1) is 5.92 Å². The standard InChI is InChI=1S/C6H11NO2.ClH/c1-7-3-2-5(4-7)6(8)9;/h5H,2-4H2,1H3,(H,8,9);1H. The molecule has 1 N–H and O–H groups in total. The van der Waals surface area contributed by atoms with E-state index in [9.17, 15) is 4.79 Å². The van der Waals surface area contributed by atoms with Gasteiger partial charge in [0.15, 0.2) is 0 Å². The zero-order chi connectivity index (χ0) is 6.85. The van der Waals surface area contributed by atoms with Crippen molar-refractivity contribution in [3.05, 3.63) is 0 Å². The van der Waals surface area contributed by atoms with Crippen LogP contribution in [0.15, 0.2) is 0 Å². The summed E-state index contributed by atoms with van der Waals surface area (Å²) in [4.78, 5) is 12.4. The van der Waals surface area contributed by atoms with E-state index in [0.29, 0.717) is 0 Å². The number of hydrogen-bond acceptors (Lipinski definition) is 2. The first kappa shape index (κ1) is 9.72. The van der Waals surface area contributed by atoms with Gasteiger partial charge in [-0.3, -0.25) is 4.79 Å². The van der Waals surface area contributed by atoms with E-state index in [1.54, 1.807) is 0 Å². The molecule has 0 aromatic heterocycles. The molecule has 1 heterocycles. The highest BCUT2D eigenvalue weighted by Crippen LogP contribution is 2.13. The van der Waals surface area contributed by atoms with E-state index in [-0.39, 0.29) is 18.3 Å². The number of carboxylic acid groups (broad SMARTS) is 1. The van der Waals surface area contributed by atoms with E-state index < -0.39 is 5.97 Å². The molecular weight excluding hydrogens is 154 g/mol. The van der Waals surface area contributed by atoms with Crippen molar-refractivity contribution in [3.63, 3.8) is 0 Å². The van der Waals surface area contributed by atoms with Gasteiger partial charge in [-0.05, 0) is 20.0 Å². The summed E-state index contributed by atoms with van der Waals surface area (Å²) < 4.78 is 0. The van der Waals surface area contributed by atoms with E-state index in [4.69, 9.17) is 5.11 Å². The second kappa shape index (κ2) is 3.78. The minimum Gasteiger partial charge on any atom is -0.481 e. The molecule has 0 saturated carbocycles. The van der Waals surface area contributed by atoms with Gasteiger partial charge in [0, 0.05) is 6.54 Å². The number of carboxylic acids is 1. The van der Waals surface area contributed by atoms with Crippen LogP contribution in [0.25, 0.3) is 0 Å². The number of likely N-dealkylation sites (tertiary alicyclic amines) is 1. The summed E-state index contributed by atoms with van der Waals surface area (Å²) in [5.41, 5.74) is 0. The zero-order valence-corrected chi connectivity index (χ0v) is 6.73. The van der Waals surface area contributed by atoms with E-state index in [1.165, 1.54) is 0 Å². The summed E-state index contributed by atoms with van der Waals surface area (Å²) in [5, 5.41) is 8.50. The van der Waals surface area contributed by atoms with Crippen molar-refractivity contribution in [2.75, 3.05) is 20.1 Å². The number of rotatable bonds is 1. The lowest BCUT2D eigenvalue weighted by Gasteiger charge is -2.04. The molecule has 0 spiro atoms. The molecule has 1 rings (SSSR count). The average Bonchev–Trinajstić information content (AvgIpc) is 2.14. The van der Waals surface area contributed by atoms with Crippen LogP contribution in [-0.4, -0.2) is 36.1 Å². The first-order chi connectivity index (χ1) is 4.20. The number of halogens is 1. The molecule has 0 bridgehead atoms. The zero-order valence-electron chi connectivity index (χ0n) is 5.91. The fourth-order valence-corrected chi connectivity index (χ4v) is 1.14. The van der Waals surface area contributed by atoms with Crippen molar-refractivity contribution >= 4 is 18.4 Å². The average molecular weight is 166 g/mol. The molecular formula is C6H12ClNO2. The van der Waals surface area contributed by atoms with Crippen LogP contribution in [0.1, 0.15) is 6.42 Å². The van der Waals surface area contributed by atoms with Crippen LogP contribution in [0.2, 0.25) is 0 Å². The van der Waals surface area contributed by atoms with Crippen molar-refractivity contribution in [1.82, 2.24) is 4.90 Å². The van der Waals surface area contributed by atoms with Crippen LogP contribution in [0.4, 0.5) is 0 Å². The van der Waals surface area contributed by atoms with Crippen molar-refractivity contribution in [3.8, 4) is 0 Å². The van der Waals surface area contributed by atoms with Crippen LogP contribution in [0.5, 0.6) is 0 Å². The van der Waals surface area contributed by atoms with Gasteiger partial charge in [0.1, 0.15) is 0 Å². The summed E-state index contributed by atoms with van der Waals surface area (Å²) in [6.45, 7) is 1.65. The summed E-state index contributed by atoms with van der Waals surface area (Å²) in [6, 6.07) is 0. The Labute approximate surface area is 66.4 Å². The molecule has 0 amide bonds. The Morgan fingerprint density at radius 1 is 1.70 bits per heavy atom. The lowest BCUT2D eigenvalue weighted by Crippen LogP contribution is -2.18. The van der Waals surface area contributed by atoms with Gasteiger partial charge in [0.2, 0.25) is 0 Å². The highest BCUT2D eigenvalue weighted by Gasteiger charge is 2.24. The number of carbonyl (C=O) groups is 1. The SMILES string of the molecule is CN1CCC(C(=O)O)C1.Cl. The van der Waals surface area contributed by atoms with E-state index in [2.05, 4.69) is 0 Å². The monoisotopic (exact) mass is 165 g/mol. The third-order valence-corrected chi connectivity index (χ3v) is 1.74. The van der Waals surface area contributed by atoms with Gasteiger partial charge >= 0.3 is 5.97 Å². The fourth-order valence-electron chi connectivity index (χ4n) is 1.14. The molecule has 60 valence electrons. The van der Waals surface area contributed by atoms with Crippen LogP contribution >= 0.6 is 12.4 Å². The van der Waals surface area contributed by atoms with Crippen molar-refractivity contribution in [2.24, 2.45) is 5.92 Å². The molecule has 1 unspecified atom stereocenters. The largest absolute Gasteiger partial charge is 0.481 e. The maximum absolute atomic E-state index is 10.3. The number of aliphatic carboxylic acids is 1. The molecule has 3 nitrogen and oxygen atoms in total. The highest BCUT2D eigenvalue weighted by molar-refractivity contribution is 5.85. The summed E-state index contributed by atoms with van der Waals surface area (Å²) in [5.74, 6) is -0.769. The quantitative estimate of drug-likeness (QED) is 0.613. The molecule has 4 heteroatoms. The van der Waals surface area contributed by atoms with E-state index in [1.807, 2.05) is 11.9 Å². The van der Waals surface area contributed by atoms with Crippen molar-refractivity contribution < 1.29 is 9.90 Å². The Balaban J connectivity index is 0.000000810. The van der Waals surface area contributed by atoms with Gasteiger partial charge in [-0.1, -0.05) is 0 Å². The van der Waals surface area contributed by atoms with Crippen molar-refractivity contribution in [1.29, 1.82) is 0 Å². The third kappa shape index (κ3) is 2.15. The van der Waals surface area contributed by atoms with Crippen LogP contribution in [0.3, 0.4) is 0 Å². The lowest BCUT2D eigenvalue weighted by atomic mass is 10.1. The molecule has 1 atom stereocenters. The second-order valence-electron chi connectivity index (χ2n) is 2.59. The van der Waals surface area contributed by atoms with Gasteiger partial charge in [0.25, 0.3) is 0 Å². The van der Waals surface area contributed by atoms with Gasteiger partial charge < -0.3 is 10.0 Å². The maximum atomic E-state index is 10.3. The Hall–Kier alpha value is -0.280. The van der Waals surface area contributed by atoms with Gasteiger partial charge in [-0.25, -0.2) is 0 Å². The highest BCUT2D eigenvalue weighted by atomic mass is 35.5. The summed E-state index contributed by atoms with van der Waals surface area (Å²) >= 11 is 0. The molecule has 0 aromatic carbocycles. The minimum atomic E-state index is -0.653. The molecule has 1 saturated heterocycles. The van der Waals surface area contributed by atoms with Crippen LogP contribution in [-0.2, 0) is 4.79 Å². The molecule has 0 aromatic rings. The maximum Gasteiger partial charge on any atom is 0.307 e. The van der Waals surface area contributed by atoms with Crippen molar-refractivity contribution in [2.45, 2.75) is 6.42 Å². The first-order valence-corrected chi connectivity index (χ1v) is 3.11.